The van der Waals surface area contributed by atoms with Crippen LogP contribution in [0.1, 0.15) is 36.6 Å². The SMILES string of the molecule is CCOc1ccc(/C(O)=C2/C(=O)C(=O)N(c3cc(F)ccc3F)C2c2cccc(C)c2)c(OCC)c1. The fraction of sp³-hybridized carbons (Fsp3) is 0.214. The minimum Gasteiger partial charge on any atom is -0.507 e. The van der Waals surface area contributed by atoms with Crippen molar-refractivity contribution in [1.29, 1.82) is 0 Å². The first-order valence-corrected chi connectivity index (χ1v) is 11.5. The highest BCUT2D eigenvalue weighted by molar-refractivity contribution is 6.51. The van der Waals surface area contributed by atoms with Crippen LogP contribution in [0.2, 0.25) is 0 Å². The zero-order valence-corrected chi connectivity index (χ0v) is 20.0. The van der Waals surface area contributed by atoms with Gasteiger partial charge in [0.2, 0.25) is 0 Å². The Morgan fingerprint density at radius 1 is 0.972 bits per heavy atom. The van der Waals surface area contributed by atoms with Crippen molar-refractivity contribution in [3.63, 3.8) is 0 Å². The molecule has 0 spiro atoms. The van der Waals surface area contributed by atoms with E-state index in [1.54, 1.807) is 37.3 Å². The van der Waals surface area contributed by atoms with Gasteiger partial charge in [-0.25, -0.2) is 8.78 Å². The Hall–Kier alpha value is -4.20. The third kappa shape index (κ3) is 4.54. The number of halogens is 2. The number of amides is 1. The normalized spacial score (nSPS) is 16.9. The van der Waals surface area contributed by atoms with Gasteiger partial charge in [0.15, 0.2) is 0 Å². The van der Waals surface area contributed by atoms with E-state index in [2.05, 4.69) is 0 Å². The van der Waals surface area contributed by atoms with Crippen LogP contribution in [0.15, 0.2) is 66.2 Å². The number of aliphatic hydroxyl groups excluding tert-OH is 1. The number of carbonyl (C=O) groups is 2. The molecule has 186 valence electrons. The Morgan fingerprint density at radius 3 is 2.42 bits per heavy atom. The summed E-state index contributed by atoms with van der Waals surface area (Å²) in [5.74, 6) is -3.53. The fourth-order valence-electron chi connectivity index (χ4n) is 4.28. The monoisotopic (exact) mass is 493 g/mol. The van der Waals surface area contributed by atoms with Crippen LogP contribution < -0.4 is 14.4 Å². The molecule has 36 heavy (non-hydrogen) atoms. The summed E-state index contributed by atoms with van der Waals surface area (Å²) in [6.07, 6.45) is 0. The highest BCUT2D eigenvalue weighted by Crippen LogP contribution is 2.44. The first-order chi connectivity index (χ1) is 17.3. The van der Waals surface area contributed by atoms with Gasteiger partial charge in [0.1, 0.15) is 28.9 Å². The average Bonchev–Trinajstić information content (AvgIpc) is 3.11. The average molecular weight is 494 g/mol. The number of benzene rings is 3. The minimum atomic E-state index is -1.21. The molecule has 0 saturated carbocycles. The Labute approximate surface area is 207 Å². The maximum Gasteiger partial charge on any atom is 0.300 e. The van der Waals surface area contributed by atoms with Crippen molar-refractivity contribution in [2.75, 3.05) is 18.1 Å². The van der Waals surface area contributed by atoms with Crippen molar-refractivity contribution in [3.05, 3.63) is 94.6 Å². The summed E-state index contributed by atoms with van der Waals surface area (Å²) in [5.41, 5.74) is 0.756. The molecule has 4 rings (SSSR count). The lowest BCUT2D eigenvalue weighted by atomic mass is 9.94. The van der Waals surface area contributed by atoms with Gasteiger partial charge in [0.05, 0.1) is 36.1 Å². The predicted molar refractivity (Wildman–Crippen MR) is 131 cm³/mol. The number of nitrogens with zero attached hydrogens (tertiary/aromatic N) is 1. The number of ether oxygens (including phenoxy) is 2. The Morgan fingerprint density at radius 2 is 1.72 bits per heavy atom. The molecule has 1 aliphatic heterocycles. The van der Waals surface area contributed by atoms with Gasteiger partial charge in [-0.1, -0.05) is 29.8 Å². The van der Waals surface area contributed by atoms with Gasteiger partial charge in [-0.05, 0) is 50.6 Å². The molecule has 1 aliphatic rings. The van der Waals surface area contributed by atoms with E-state index in [1.165, 1.54) is 6.07 Å². The topological polar surface area (TPSA) is 76.1 Å². The molecule has 1 amide bonds. The van der Waals surface area contributed by atoms with Crippen molar-refractivity contribution in [1.82, 2.24) is 0 Å². The molecule has 1 unspecified atom stereocenters. The number of anilines is 1. The van der Waals surface area contributed by atoms with Crippen LogP contribution in [0.4, 0.5) is 14.5 Å². The summed E-state index contributed by atoms with van der Waals surface area (Å²) in [7, 11) is 0. The molecular formula is C28H25F2NO5. The van der Waals surface area contributed by atoms with Crippen LogP contribution >= 0.6 is 0 Å². The van der Waals surface area contributed by atoms with Gasteiger partial charge in [0.25, 0.3) is 11.7 Å². The molecule has 1 saturated heterocycles. The van der Waals surface area contributed by atoms with Gasteiger partial charge < -0.3 is 14.6 Å². The van der Waals surface area contributed by atoms with Gasteiger partial charge in [-0.15, -0.1) is 0 Å². The Kier molecular flexibility index (Phi) is 7.05. The Bertz CT molecular complexity index is 1370. The molecule has 1 fully saturated rings. The molecule has 0 radical (unpaired) electrons. The van der Waals surface area contributed by atoms with Gasteiger partial charge >= 0.3 is 0 Å². The predicted octanol–water partition coefficient (Wildman–Crippen LogP) is 5.70. The summed E-state index contributed by atoms with van der Waals surface area (Å²) < 4.78 is 40.1. The zero-order chi connectivity index (χ0) is 26.0. The lowest BCUT2D eigenvalue weighted by molar-refractivity contribution is -0.132. The van der Waals surface area contributed by atoms with E-state index in [0.717, 1.165) is 28.7 Å². The zero-order valence-electron chi connectivity index (χ0n) is 20.0. The van der Waals surface area contributed by atoms with E-state index >= 15 is 0 Å². The van der Waals surface area contributed by atoms with Crippen LogP contribution in [0, 0.1) is 18.6 Å². The molecule has 3 aromatic rings. The Balaban J connectivity index is 1.98. The van der Waals surface area contributed by atoms with E-state index in [0.29, 0.717) is 17.9 Å². The van der Waals surface area contributed by atoms with Crippen LogP contribution in [-0.4, -0.2) is 30.0 Å². The molecule has 0 aromatic heterocycles. The van der Waals surface area contributed by atoms with E-state index in [9.17, 15) is 23.5 Å². The molecule has 0 bridgehead atoms. The van der Waals surface area contributed by atoms with Crippen molar-refractivity contribution in [3.8, 4) is 11.5 Å². The maximum atomic E-state index is 14.8. The summed E-state index contributed by atoms with van der Waals surface area (Å²) >= 11 is 0. The molecule has 1 atom stereocenters. The highest BCUT2D eigenvalue weighted by atomic mass is 19.1. The van der Waals surface area contributed by atoms with E-state index in [4.69, 9.17) is 9.47 Å². The maximum absolute atomic E-state index is 14.8. The molecule has 3 aromatic carbocycles. The number of rotatable bonds is 7. The van der Waals surface area contributed by atoms with Crippen LogP contribution in [-0.2, 0) is 9.59 Å². The third-order valence-electron chi connectivity index (χ3n) is 5.79. The van der Waals surface area contributed by atoms with Crippen LogP contribution in [0.3, 0.4) is 0 Å². The second kappa shape index (κ2) is 10.2. The van der Waals surface area contributed by atoms with Crippen LogP contribution in [0.5, 0.6) is 11.5 Å². The summed E-state index contributed by atoms with van der Waals surface area (Å²) in [6.45, 7) is 6.07. The lowest BCUT2D eigenvalue weighted by Gasteiger charge is -2.26. The van der Waals surface area contributed by atoms with E-state index in [1.807, 2.05) is 19.9 Å². The largest absolute Gasteiger partial charge is 0.507 e. The first-order valence-electron chi connectivity index (χ1n) is 11.5. The van der Waals surface area contributed by atoms with E-state index < -0.39 is 40.8 Å². The smallest absolute Gasteiger partial charge is 0.300 e. The van der Waals surface area contributed by atoms with Gasteiger partial charge in [-0.2, -0.15) is 0 Å². The van der Waals surface area contributed by atoms with E-state index in [-0.39, 0.29) is 23.5 Å². The van der Waals surface area contributed by atoms with Crippen molar-refractivity contribution >= 4 is 23.1 Å². The summed E-state index contributed by atoms with van der Waals surface area (Å²) in [6, 6.07) is 13.1. The standard InChI is InChI=1S/C28H25F2NO5/c1-4-35-19-10-11-20(23(15-19)36-5-2)26(32)24-25(17-8-6-7-16(3)13-17)31(28(34)27(24)33)22-14-18(29)9-12-21(22)30/h6-15,25,32H,4-5H2,1-3H3/b26-24-. The molecule has 1 N–H and O–H groups in total. The molecule has 6 nitrogen and oxygen atoms in total. The van der Waals surface area contributed by atoms with Crippen molar-refractivity contribution < 1.29 is 33.0 Å². The fourth-order valence-corrected chi connectivity index (χ4v) is 4.28. The summed E-state index contributed by atoms with van der Waals surface area (Å²) in [4.78, 5) is 27.4. The first kappa shape index (κ1) is 24.9. The number of hydrogen-bond acceptors (Lipinski definition) is 5. The van der Waals surface area contributed by atoms with Gasteiger partial charge in [-0.3, -0.25) is 14.5 Å². The minimum absolute atomic E-state index is 0.163. The quantitative estimate of drug-likeness (QED) is 0.260. The second-order valence-electron chi connectivity index (χ2n) is 8.20. The molecule has 0 aliphatic carbocycles. The number of hydrogen-bond donors (Lipinski definition) is 1. The number of aryl methyl sites for hydroxylation is 1. The van der Waals surface area contributed by atoms with Gasteiger partial charge in [0, 0.05) is 12.1 Å². The van der Waals surface area contributed by atoms with Crippen molar-refractivity contribution in [2.24, 2.45) is 0 Å². The molecular weight excluding hydrogens is 468 g/mol. The number of aliphatic hydroxyl groups is 1. The number of Topliss-reactive ketones (excluding diaryl/α,β-unsaturated/α-hetero) is 1. The molecule has 1 heterocycles. The number of ketones is 1. The number of carbonyl (C=O) groups excluding carboxylic acids is 2. The summed E-state index contributed by atoms with van der Waals surface area (Å²) in [5, 5.41) is 11.4. The second-order valence-corrected chi connectivity index (χ2v) is 8.20. The molecule has 8 heteroatoms. The lowest BCUT2D eigenvalue weighted by Crippen LogP contribution is -2.30. The highest BCUT2D eigenvalue weighted by Gasteiger charge is 2.48. The third-order valence-corrected chi connectivity index (χ3v) is 5.79. The van der Waals surface area contributed by atoms with Crippen LogP contribution in [0.25, 0.3) is 5.76 Å². The van der Waals surface area contributed by atoms with Crippen molar-refractivity contribution in [2.45, 2.75) is 26.8 Å².